The average Bonchev–Trinajstić information content (AvgIpc) is 2.40. The van der Waals surface area contributed by atoms with Crippen LogP contribution in [0.15, 0.2) is 42.6 Å². The zero-order valence-corrected chi connectivity index (χ0v) is 10.3. The first kappa shape index (κ1) is 11.9. The molecule has 0 radical (unpaired) electrons. The Kier molecular flexibility index (Phi) is 3.44. The second-order valence-electron chi connectivity index (χ2n) is 3.98. The maximum absolute atomic E-state index is 8.71. The van der Waals surface area contributed by atoms with E-state index in [0.29, 0.717) is 17.2 Å². The molecule has 1 aromatic carbocycles. The van der Waals surface area contributed by atoms with Gasteiger partial charge in [0.1, 0.15) is 5.75 Å². The van der Waals surface area contributed by atoms with Crippen LogP contribution in [0.1, 0.15) is 5.56 Å². The molecule has 0 saturated heterocycles. The van der Waals surface area contributed by atoms with Gasteiger partial charge in [-0.3, -0.25) is 0 Å². The lowest BCUT2D eigenvalue weighted by molar-refractivity contribution is 0.463. The highest BCUT2D eigenvalue weighted by Gasteiger charge is 2.02. The molecule has 1 heterocycles. The molecule has 0 aliphatic heterocycles. The van der Waals surface area contributed by atoms with Crippen molar-refractivity contribution in [3.63, 3.8) is 0 Å². The van der Waals surface area contributed by atoms with Gasteiger partial charge < -0.3 is 9.64 Å². The zero-order valence-electron chi connectivity index (χ0n) is 10.3. The molecule has 0 bridgehead atoms. The SMILES string of the molecule is CN(C)c1ccnc(Oc2ccc(C#N)cc2)c1. The summed E-state index contributed by atoms with van der Waals surface area (Å²) in [6.45, 7) is 0. The molecule has 4 heteroatoms. The number of benzene rings is 1. The minimum absolute atomic E-state index is 0.533. The predicted octanol–water partition coefficient (Wildman–Crippen LogP) is 2.81. The van der Waals surface area contributed by atoms with Crippen LogP contribution in [0.25, 0.3) is 0 Å². The number of pyridine rings is 1. The number of hydrogen-bond acceptors (Lipinski definition) is 4. The third kappa shape index (κ3) is 2.77. The van der Waals surface area contributed by atoms with E-state index in [9.17, 15) is 0 Å². The maximum Gasteiger partial charge on any atom is 0.221 e. The summed E-state index contributed by atoms with van der Waals surface area (Å²) in [6.07, 6.45) is 1.70. The van der Waals surface area contributed by atoms with Gasteiger partial charge >= 0.3 is 0 Å². The van der Waals surface area contributed by atoms with Crippen molar-refractivity contribution in [2.45, 2.75) is 0 Å². The van der Waals surface area contributed by atoms with Crippen LogP contribution >= 0.6 is 0 Å². The molecule has 0 aliphatic rings. The second kappa shape index (κ2) is 5.19. The van der Waals surface area contributed by atoms with Gasteiger partial charge in [-0.1, -0.05) is 0 Å². The maximum atomic E-state index is 8.71. The van der Waals surface area contributed by atoms with Crippen molar-refractivity contribution < 1.29 is 4.74 Å². The van der Waals surface area contributed by atoms with Gasteiger partial charge in [0.25, 0.3) is 0 Å². The highest BCUT2D eigenvalue weighted by atomic mass is 16.5. The normalized spacial score (nSPS) is 9.61. The molecule has 1 aromatic heterocycles. The van der Waals surface area contributed by atoms with Crippen molar-refractivity contribution >= 4 is 5.69 Å². The van der Waals surface area contributed by atoms with Crippen molar-refractivity contribution in [3.05, 3.63) is 48.2 Å². The molecule has 0 fully saturated rings. The van der Waals surface area contributed by atoms with Crippen LogP contribution in [0.5, 0.6) is 11.6 Å². The topological polar surface area (TPSA) is 49.2 Å². The lowest BCUT2D eigenvalue weighted by Crippen LogP contribution is -2.08. The van der Waals surface area contributed by atoms with E-state index in [1.54, 1.807) is 30.5 Å². The van der Waals surface area contributed by atoms with Crippen molar-refractivity contribution in [2.75, 3.05) is 19.0 Å². The molecule has 0 unspecified atom stereocenters. The number of nitriles is 1. The monoisotopic (exact) mass is 239 g/mol. The molecule has 0 spiro atoms. The molecule has 4 nitrogen and oxygen atoms in total. The number of hydrogen-bond donors (Lipinski definition) is 0. The van der Waals surface area contributed by atoms with Crippen LogP contribution in [-0.2, 0) is 0 Å². The number of anilines is 1. The van der Waals surface area contributed by atoms with Crippen molar-refractivity contribution in [2.24, 2.45) is 0 Å². The first-order valence-electron chi connectivity index (χ1n) is 5.50. The predicted molar refractivity (Wildman–Crippen MR) is 69.8 cm³/mol. The van der Waals surface area contributed by atoms with Gasteiger partial charge in [-0.15, -0.1) is 0 Å². The number of ether oxygens (including phenoxy) is 1. The lowest BCUT2D eigenvalue weighted by Gasteiger charge is -2.13. The molecule has 90 valence electrons. The van der Waals surface area contributed by atoms with Crippen molar-refractivity contribution in [1.82, 2.24) is 4.98 Å². The molecular weight excluding hydrogens is 226 g/mol. The van der Waals surface area contributed by atoms with Gasteiger partial charge in [0.15, 0.2) is 0 Å². The van der Waals surface area contributed by atoms with E-state index >= 15 is 0 Å². The van der Waals surface area contributed by atoms with E-state index in [0.717, 1.165) is 5.69 Å². The summed E-state index contributed by atoms with van der Waals surface area (Å²) in [5.41, 5.74) is 1.63. The van der Waals surface area contributed by atoms with Crippen LogP contribution in [-0.4, -0.2) is 19.1 Å². The fraction of sp³-hybridized carbons (Fsp3) is 0.143. The lowest BCUT2D eigenvalue weighted by atomic mass is 10.2. The fourth-order valence-corrected chi connectivity index (χ4v) is 1.45. The summed E-state index contributed by atoms with van der Waals surface area (Å²) in [5.74, 6) is 1.20. The van der Waals surface area contributed by atoms with Crippen LogP contribution < -0.4 is 9.64 Å². The average molecular weight is 239 g/mol. The van der Waals surface area contributed by atoms with E-state index in [-0.39, 0.29) is 0 Å². The first-order valence-corrected chi connectivity index (χ1v) is 5.50. The van der Waals surface area contributed by atoms with E-state index in [2.05, 4.69) is 11.1 Å². The van der Waals surface area contributed by atoms with E-state index < -0.39 is 0 Å². The molecule has 0 N–H and O–H groups in total. The minimum atomic E-state index is 0.533. The Bertz CT molecular complexity index is 570. The highest BCUT2D eigenvalue weighted by molar-refractivity contribution is 5.47. The molecule has 0 amide bonds. The molecule has 0 atom stereocenters. The van der Waals surface area contributed by atoms with Gasteiger partial charge in [0, 0.05) is 32.0 Å². The van der Waals surface area contributed by atoms with Crippen LogP contribution in [0.2, 0.25) is 0 Å². The van der Waals surface area contributed by atoms with E-state index in [4.69, 9.17) is 10.00 Å². The Balaban J connectivity index is 2.18. The molecule has 0 saturated carbocycles. The van der Waals surface area contributed by atoms with Crippen molar-refractivity contribution in [1.29, 1.82) is 5.26 Å². The second-order valence-corrected chi connectivity index (χ2v) is 3.98. The Morgan fingerprint density at radius 3 is 2.50 bits per heavy atom. The Morgan fingerprint density at radius 2 is 1.89 bits per heavy atom. The third-order valence-corrected chi connectivity index (χ3v) is 2.44. The zero-order chi connectivity index (χ0) is 13.0. The Morgan fingerprint density at radius 1 is 1.17 bits per heavy atom. The van der Waals surface area contributed by atoms with E-state index in [1.165, 1.54) is 0 Å². The summed E-state index contributed by atoms with van der Waals surface area (Å²) < 4.78 is 5.62. The number of nitrogens with zero attached hydrogens (tertiary/aromatic N) is 3. The van der Waals surface area contributed by atoms with Gasteiger partial charge in [-0.2, -0.15) is 5.26 Å². The molecule has 2 aromatic rings. The summed E-state index contributed by atoms with van der Waals surface area (Å²) in [4.78, 5) is 6.13. The van der Waals surface area contributed by atoms with Gasteiger partial charge in [0.05, 0.1) is 11.6 Å². The standard InChI is InChI=1S/C14H13N3O/c1-17(2)12-7-8-16-14(9-12)18-13-5-3-11(10-15)4-6-13/h3-9H,1-2H3. The quantitative estimate of drug-likeness (QED) is 0.826. The van der Waals surface area contributed by atoms with Crippen molar-refractivity contribution in [3.8, 4) is 17.7 Å². The number of rotatable bonds is 3. The molecule has 2 rings (SSSR count). The molecular formula is C14H13N3O. The van der Waals surface area contributed by atoms with Gasteiger partial charge in [-0.25, -0.2) is 4.98 Å². The fourth-order valence-electron chi connectivity index (χ4n) is 1.45. The third-order valence-electron chi connectivity index (χ3n) is 2.44. The van der Waals surface area contributed by atoms with Gasteiger partial charge in [0.2, 0.25) is 5.88 Å². The largest absolute Gasteiger partial charge is 0.439 e. The summed E-state index contributed by atoms with van der Waals surface area (Å²) in [7, 11) is 3.92. The summed E-state index contributed by atoms with van der Waals surface area (Å²) >= 11 is 0. The smallest absolute Gasteiger partial charge is 0.221 e. The molecule has 18 heavy (non-hydrogen) atoms. The number of aromatic nitrogens is 1. The van der Waals surface area contributed by atoms with Gasteiger partial charge in [-0.05, 0) is 30.3 Å². The summed E-state index contributed by atoms with van der Waals surface area (Å²) in [5, 5.41) is 8.71. The Hall–Kier alpha value is -2.54. The minimum Gasteiger partial charge on any atom is -0.439 e. The van der Waals surface area contributed by atoms with Crippen LogP contribution in [0.4, 0.5) is 5.69 Å². The van der Waals surface area contributed by atoms with Crippen LogP contribution in [0, 0.1) is 11.3 Å². The van der Waals surface area contributed by atoms with Crippen LogP contribution in [0.3, 0.4) is 0 Å². The summed E-state index contributed by atoms with van der Waals surface area (Å²) in [6, 6.07) is 12.8. The van der Waals surface area contributed by atoms with E-state index in [1.807, 2.05) is 31.1 Å². The Labute approximate surface area is 106 Å². The molecule has 0 aliphatic carbocycles. The highest BCUT2D eigenvalue weighted by Crippen LogP contribution is 2.22. The first-order chi connectivity index (χ1) is 8.69.